The lowest BCUT2D eigenvalue weighted by Crippen LogP contribution is -2.41. The molecule has 0 spiro atoms. The minimum absolute atomic E-state index is 0.0497. The summed E-state index contributed by atoms with van der Waals surface area (Å²) in [6, 6.07) is 0. The molecule has 0 aromatic rings. The number of nitrogens with one attached hydrogen (secondary N) is 1. The van der Waals surface area contributed by atoms with Crippen LogP contribution in [-0.2, 0) is 33.3 Å². The molecule has 3 saturated heterocycles. The average Bonchev–Trinajstić information content (AvgIpc) is 3.42. The molecular weight excluding hydrogens is 440 g/mol. The van der Waals surface area contributed by atoms with Crippen LogP contribution in [0, 0.1) is 5.92 Å². The first-order valence-corrected chi connectivity index (χ1v) is 12.3. The minimum atomic E-state index is -0.388. The summed E-state index contributed by atoms with van der Waals surface area (Å²) in [6.45, 7) is 10.7. The molecule has 3 heterocycles. The number of allylic oxidation sites excluding steroid dienone is 1. The molecule has 0 saturated carbocycles. The number of morpholine rings is 1. The van der Waals surface area contributed by atoms with Gasteiger partial charge in [-0.2, -0.15) is 0 Å². The van der Waals surface area contributed by atoms with Crippen molar-refractivity contribution in [1.29, 1.82) is 0 Å². The third-order valence-corrected chi connectivity index (χ3v) is 7.27. The summed E-state index contributed by atoms with van der Waals surface area (Å²) in [7, 11) is 0. The highest BCUT2D eigenvalue weighted by Crippen LogP contribution is 2.49. The Balaban J connectivity index is 1.18. The SMILES string of the molecule is C=C1C(=O)O[C@H]2[C@H]1CC/C(COC(=O)CCC(=O)NCCN1CCOCC1)=C\CC[C@@]1(C)O[C@@H]21. The molecule has 0 aromatic carbocycles. The number of nitrogens with zero attached hydrogens (tertiary/aromatic N) is 1. The summed E-state index contributed by atoms with van der Waals surface area (Å²) in [5, 5.41) is 2.86. The van der Waals surface area contributed by atoms with Crippen LogP contribution in [0.15, 0.2) is 23.8 Å². The van der Waals surface area contributed by atoms with Gasteiger partial charge in [0.05, 0.1) is 25.2 Å². The Morgan fingerprint density at radius 1 is 1.29 bits per heavy atom. The third-order valence-electron chi connectivity index (χ3n) is 7.27. The van der Waals surface area contributed by atoms with E-state index < -0.39 is 0 Å². The maximum atomic E-state index is 12.2. The zero-order valence-corrected chi connectivity index (χ0v) is 20.0. The number of esters is 2. The molecule has 4 rings (SSSR count). The predicted molar refractivity (Wildman–Crippen MR) is 123 cm³/mol. The van der Waals surface area contributed by atoms with Crippen LogP contribution >= 0.6 is 0 Å². The third kappa shape index (κ3) is 6.25. The smallest absolute Gasteiger partial charge is 0.334 e. The Morgan fingerprint density at radius 3 is 2.88 bits per heavy atom. The van der Waals surface area contributed by atoms with Gasteiger partial charge in [0.15, 0.2) is 0 Å². The van der Waals surface area contributed by atoms with Crippen molar-refractivity contribution in [2.75, 3.05) is 46.0 Å². The number of ether oxygens (including phenoxy) is 4. The lowest BCUT2D eigenvalue weighted by atomic mass is 9.84. The monoisotopic (exact) mass is 476 g/mol. The maximum absolute atomic E-state index is 12.2. The molecule has 0 radical (unpaired) electrons. The van der Waals surface area contributed by atoms with Gasteiger partial charge in [0.1, 0.15) is 18.8 Å². The van der Waals surface area contributed by atoms with Gasteiger partial charge in [0, 0.05) is 44.1 Å². The van der Waals surface area contributed by atoms with E-state index in [-0.39, 0.29) is 61.0 Å². The number of hydrogen-bond acceptors (Lipinski definition) is 8. The molecule has 188 valence electrons. The predicted octanol–water partition coefficient (Wildman–Crippen LogP) is 1.51. The molecule has 0 unspecified atom stereocenters. The average molecular weight is 477 g/mol. The lowest BCUT2D eigenvalue weighted by Gasteiger charge is -2.26. The van der Waals surface area contributed by atoms with Crippen molar-refractivity contribution in [1.82, 2.24) is 10.2 Å². The van der Waals surface area contributed by atoms with Gasteiger partial charge >= 0.3 is 11.9 Å². The van der Waals surface area contributed by atoms with Crippen LogP contribution in [-0.4, -0.2) is 86.6 Å². The molecule has 4 aliphatic rings. The van der Waals surface area contributed by atoms with Crippen molar-refractivity contribution in [3.8, 4) is 0 Å². The van der Waals surface area contributed by atoms with Gasteiger partial charge in [0.2, 0.25) is 5.91 Å². The molecule has 4 atom stereocenters. The van der Waals surface area contributed by atoms with E-state index in [0.29, 0.717) is 25.0 Å². The van der Waals surface area contributed by atoms with Gasteiger partial charge < -0.3 is 24.3 Å². The first-order valence-electron chi connectivity index (χ1n) is 12.3. The van der Waals surface area contributed by atoms with E-state index in [1.807, 2.05) is 6.92 Å². The van der Waals surface area contributed by atoms with Gasteiger partial charge in [-0.25, -0.2) is 4.79 Å². The molecule has 3 aliphatic heterocycles. The normalized spacial score (nSPS) is 33.1. The summed E-state index contributed by atoms with van der Waals surface area (Å²) in [6.07, 6.45) is 4.91. The summed E-state index contributed by atoms with van der Waals surface area (Å²) < 4.78 is 22.3. The Labute approximate surface area is 200 Å². The molecule has 1 amide bonds. The topological polar surface area (TPSA) is 107 Å². The number of epoxide rings is 1. The first-order chi connectivity index (χ1) is 16.4. The van der Waals surface area contributed by atoms with Crippen molar-refractivity contribution >= 4 is 17.8 Å². The van der Waals surface area contributed by atoms with Crippen LogP contribution in [0.4, 0.5) is 0 Å². The van der Waals surface area contributed by atoms with E-state index in [9.17, 15) is 14.4 Å². The standard InChI is InChI=1S/C25H36N2O7/c1-17-19-6-5-18(4-3-9-25(2)23(34-25)22(19)33-24(17)30)16-32-21(29)8-7-20(28)26-10-11-27-12-14-31-15-13-27/h4,19,22-23H,1,3,5-16H2,2H3,(H,26,28)/b18-4+/t19-,22-,23-,25+/m0/s1. The molecule has 1 N–H and O–H groups in total. The molecule has 9 nitrogen and oxygen atoms in total. The van der Waals surface area contributed by atoms with Gasteiger partial charge in [-0.1, -0.05) is 12.7 Å². The fourth-order valence-corrected chi connectivity index (χ4v) is 4.98. The van der Waals surface area contributed by atoms with Gasteiger partial charge in [-0.3, -0.25) is 14.5 Å². The molecule has 9 heteroatoms. The number of amides is 1. The van der Waals surface area contributed by atoms with Gasteiger partial charge in [0.25, 0.3) is 0 Å². The van der Waals surface area contributed by atoms with Crippen LogP contribution in [0.2, 0.25) is 0 Å². The molecule has 3 fully saturated rings. The Morgan fingerprint density at radius 2 is 2.09 bits per heavy atom. The Kier molecular flexibility index (Phi) is 8.06. The highest BCUT2D eigenvalue weighted by atomic mass is 16.6. The number of hydrogen-bond donors (Lipinski definition) is 1. The minimum Gasteiger partial charge on any atom is -0.461 e. The van der Waals surface area contributed by atoms with Crippen molar-refractivity contribution in [3.63, 3.8) is 0 Å². The number of carbonyl (C=O) groups is 3. The van der Waals surface area contributed by atoms with E-state index in [0.717, 1.165) is 51.3 Å². The summed E-state index contributed by atoms with van der Waals surface area (Å²) >= 11 is 0. The second-order valence-electron chi connectivity index (χ2n) is 9.76. The van der Waals surface area contributed by atoms with E-state index in [2.05, 4.69) is 22.9 Å². The lowest BCUT2D eigenvalue weighted by molar-refractivity contribution is -0.144. The highest BCUT2D eigenvalue weighted by Gasteiger charge is 2.61. The number of carbonyl (C=O) groups excluding carboxylic acids is 3. The van der Waals surface area contributed by atoms with Crippen LogP contribution in [0.25, 0.3) is 0 Å². The summed E-state index contributed by atoms with van der Waals surface area (Å²) in [5.41, 5.74) is 1.22. The number of fused-ring (bicyclic) bond motifs is 3. The second kappa shape index (κ2) is 11.0. The molecule has 0 bridgehead atoms. The quantitative estimate of drug-likeness (QED) is 0.243. The molecule has 1 aliphatic carbocycles. The first kappa shape index (κ1) is 24.9. The van der Waals surface area contributed by atoms with E-state index in [4.69, 9.17) is 18.9 Å². The van der Waals surface area contributed by atoms with Gasteiger partial charge in [-0.15, -0.1) is 0 Å². The maximum Gasteiger partial charge on any atom is 0.334 e. The van der Waals surface area contributed by atoms with Crippen LogP contribution in [0.5, 0.6) is 0 Å². The van der Waals surface area contributed by atoms with E-state index in [1.165, 1.54) is 0 Å². The molecule has 0 aromatic heterocycles. The molecular formula is C25H36N2O7. The molecule has 34 heavy (non-hydrogen) atoms. The van der Waals surface area contributed by atoms with Crippen LogP contribution < -0.4 is 5.32 Å². The van der Waals surface area contributed by atoms with Crippen molar-refractivity contribution < 1.29 is 33.3 Å². The van der Waals surface area contributed by atoms with Crippen molar-refractivity contribution in [3.05, 3.63) is 23.8 Å². The highest BCUT2D eigenvalue weighted by molar-refractivity contribution is 5.91. The fraction of sp³-hybridized carbons (Fsp3) is 0.720. The summed E-state index contributed by atoms with van der Waals surface area (Å²) in [4.78, 5) is 38.6. The number of rotatable bonds is 8. The fourth-order valence-electron chi connectivity index (χ4n) is 4.98. The van der Waals surface area contributed by atoms with Crippen molar-refractivity contribution in [2.45, 2.75) is 63.3 Å². The zero-order chi connectivity index (χ0) is 24.1. The van der Waals surface area contributed by atoms with Gasteiger partial charge in [-0.05, 0) is 38.2 Å². The zero-order valence-electron chi connectivity index (χ0n) is 20.0. The van der Waals surface area contributed by atoms with Crippen molar-refractivity contribution in [2.24, 2.45) is 5.92 Å². The van der Waals surface area contributed by atoms with Crippen LogP contribution in [0.1, 0.15) is 45.4 Å². The summed E-state index contributed by atoms with van der Waals surface area (Å²) in [5.74, 6) is -0.962. The van der Waals surface area contributed by atoms with E-state index in [1.54, 1.807) is 0 Å². The largest absolute Gasteiger partial charge is 0.461 e. The van der Waals surface area contributed by atoms with Crippen LogP contribution in [0.3, 0.4) is 0 Å². The second-order valence-corrected chi connectivity index (χ2v) is 9.76. The van der Waals surface area contributed by atoms with E-state index >= 15 is 0 Å². The Bertz CT molecular complexity index is 835. The Hall–Kier alpha value is -2.23.